The summed E-state index contributed by atoms with van der Waals surface area (Å²) in [5.74, 6) is 0. The van der Waals surface area contributed by atoms with Gasteiger partial charge in [-0.05, 0) is 36.8 Å². The monoisotopic (exact) mass is 289 g/mol. The molecule has 16 heavy (non-hydrogen) atoms. The molecule has 0 N–H and O–H groups in total. The maximum Gasteiger partial charge on any atom is 0.433 e. The summed E-state index contributed by atoms with van der Waals surface area (Å²) in [5, 5.41) is 0.679. The highest BCUT2D eigenvalue weighted by Crippen LogP contribution is 2.31. The molecule has 0 unspecified atom stereocenters. The third-order valence-electron chi connectivity index (χ3n) is 2.19. The van der Waals surface area contributed by atoms with E-state index < -0.39 is 11.9 Å². The Morgan fingerprint density at radius 2 is 1.88 bits per heavy atom. The van der Waals surface area contributed by atoms with E-state index in [0.717, 1.165) is 16.1 Å². The summed E-state index contributed by atoms with van der Waals surface area (Å²) < 4.78 is 38.1. The molecule has 0 aliphatic rings. The molecule has 0 aliphatic carbocycles. The molecule has 0 radical (unpaired) electrons. The van der Waals surface area contributed by atoms with Crippen LogP contribution < -0.4 is 0 Å². The SMILES string of the molecule is Cc1cc(Br)c2ccc(C(F)(F)F)nc2c1. The average molecular weight is 290 g/mol. The minimum atomic E-state index is -4.40. The Labute approximate surface area is 98.4 Å². The predicted molar refractivity (Wildman–Crippen MR) is 59.2 cm³/mol. The third kappa shape index (κ3) is 2.04. The van der Waals surface area contributed by atoms with Gasteiger partial charge in [-0.3, -0.25) is 0 Å². The number of alkyl halides is 3. The molecule has 2 rings (SSSR count). The lowest BCUT2D eigenvalue weighted by Gasteiger charge is -2.08. The van der Waals surface area contributed by atoms with Gasteiger partial charge in [-0.2, -0.15) is 13.2 Å². The van der Waals surface area contributed by atoms with Gasteiger partial charge < -0.3 is 0 Å². The van der Waals surface area contributed by atoms with Crippen LogP contribution in [0.1, 0.15) is 11.3 Å². The smallest absolute Gasteiger partial charge is 0.243 e. The minimum Gasteiger partial charge on any atom is -0.243 e. The van der Waals surface area contributed by atoms with Crippen LogP contribution in [-0.2, 0) is 6.18 Å². The third-order valence-corrected chi connectivity index (χ3v) is 2.85. The molecule has 0 bridgehead atoms. The van der Waals surface area contributed by atoms with Gasteiger partial charge in [0.25, 0.3) is 0 Å². The van der Waals surface area contributed by atoms with Gasteiger partial charge >= 0.3 is 6.18 Å². The molecule has 0 saturated carbocycles. The zero-order valence-electron chi connectivity index (χ0n) is 8.27. The lowest BCUT2D eigenvalue weighted by atomic mass is 10.1. The molecule has 84 valence electrons. The molecule has 1 nitrogen and oxygen atoms in total. The van der Waals surface area contributed by atoms with E-state index in [2.05, 4.69) is 20.9 Å². The quantitative estimate of drug-likeness (QED) is 0.704. The van der Waals surface area contributed by atoms with E-state index in [4.69, 9.17) is 0 Å². The molecule has 1 heterocycles. The molecule has 0 aliphatic heterocycles. The van der Waals surface area contributed by atoms with E-state index in [1.165, 1.54) is 6.07 Å². The maximum absolute atomic E-state index is 12.4. The maximum atomic E-state index is 12.4. The Morgan fingerprint density at radius 1 is 1.19 bits per heavy atom. The van der Waals surface area contributed by atoms with Crippen molar-refractivity contribution in [3.63, 3.8) is 0 Å². The fraction of sp³-hybridized carbons (Fsp3) is 0.182. The van der Waals surface area contributed by atoms with Gasteiger partial charge in [0.15, 0.2) is 0 Å². The van der Waals surface area contributed by atoms with E-state index in [0.29, 0.717) is 10.9 Å². The Bertz CT molecular complexity index is 549. The lowest BCUT2D eigenvalue weighted by molar-refractivity contribution is -0.140. The number of hydrogen-bond donors (Lipinski definition) is 0. The van der Waals surface area contributed by atoms with Crippen molar-refractivity contribution in [3.8, 4) is 0 Å². The number of rotatable bonds is 0. The molecule has 0 spiro atoms. The van der Waals surface area contributed by atoms with Crippen LogP contribution in [0.3, 0.4) is 0 Å². The molecular weight excluding hydrogens is 283 g/mol. The van der Waals surface area contributed by atoms with Crippen LogP contribution in [0, 0.1) is 6.92 Å². The van der Waals surface area contributed by atoms with Gasteiger partial charge in [-0.1, -0.05) is 15.9 Å². The summed E-state index contributed by atoms with van der Waals surface area (Å²) in [6.45, 7) is 1.81. The molecule has 0 atom stereocenters. The Kier molecular flexibility index (Phi) is 2.66. The normalized spacial score (nSPS) is 12.1. The fourth-order valence-corrected chi connectivity index (χ4v) is 2.18. The molecule has 0 fully saturated rings. The summed E-state index contributed by atoms with van der Waals surface area (Å²) in [7, 11) is 0. The Morgan fingerprint density at radius 3 is 2.50 bits per heavy atom. The van der Waals surface area contributed by atoms with Crippen LogP contribution in [0.15, 0.2) is 28.7 Å². The van der Waals surface area contributed by atoms with E-state index in [1.807, 2.05) is 13.0 Å². The van der Waals surface area contributed by atoms with Crippen LogP contribution in [0.5, 0.6) is 0 Å². The second-order valence-electron chi connectivity index (χ2n) is 3.51. The second kappa shape index (κ2) is 3.73. The molecule has 0 saturated heterocycles. The van der Waals surface area contributed by atoms with Crippen molar-refractivity contribution < 1.29 is 13.2 Å². The summed E-state index contributed by atoms with van der Waals surface area (Å²) in [6.07, 6.45) is -4.40. The van der Waals surface area contributed by atoms with Gasteiger partial charge in [0.05, 0.1) is 5.52 Å². The summed E-state index contributed by atoms with van der Waals surface area (Å²) in [6, 6.07) is 5.89. The van der Waals surface area contributed by atoms with Crippen LogP contribution in [-0.4, -0.2) is 4.98 Å². The molecule has 2 aromatic rings. The first-order valence-electron chi connectivity index (χ1n) is 4.52. The van der Waals surface area contributed by atoms with Crippen LogP contribution >= 0.6 is 15.9 Å². The number of halogens is 4. The van der Waals surface area contributed by atoms with Crippen molar-refractivity contribution in [2.45, 2.75) is 13.1 Å². The molecule has 5 heteroatoms. The van der Waals surface area contributed by atoms with Crippen molar-refractivity contribution in [1.29, 1.82) is 0 Å². The number of aryl methyl sites for hydroxylation is 1. The number of aromatic nitrogens is 1. The summed E-state index contributed by atoms with van der Waals surface area (Å²) in [4.78, 5) is 3.61. The van der Waals surface area contributed by atoms with Gasteiger partial charge in [0, 0.05) is 9.86 Å². The number of nitrogens with zero attached hydrogens (tertiary/aromatic N) is 1. The van der Waals surface area contributed by atoms with Gasteiger partial charge in [0.2, 0.25) is 0 Å². The zero-order chi connectivity index (χ0) is 11.9. The average Bonchev–Trinajstić information content (AvgIpc) is 2.15. The van der Waals surface area contributed by atoms with Gasteiger partial charge in [-0.15, -0.1) is 0 Å². The number of pyridine rings is 1. The van der Waals surface area contributed by atoms with E-state index >= 15 is 0 Å². The number of hydrogen-bond acceptors (Lipinski definition) is 1. The molecule has 1 aromatic heterocycles. The topological polar surface area (TPSA) is 12.9 Å². The van der Waals surface area contributed by atoms with Crippen molar-refractivity contribution in [3.05, 3.63) is 40.0 Å². The first-order chi connectivity index (χ1) is 7.38. The van der Waals surface area contributed by atoms with E-state index in [9.17, 15) is 13.2 Å². The second-order valence-corrected chi connectivity index (χ2v) is 4.36. The van der Waals surface area contributed by atoms with Crippen molar-refractivity contribution in [1.82, 2.24) is 4.98 Å². The van der Waals surface area contributed by atoms with Crippen LogP contribution in [0.2, 0.25) is 0 Å². The minimum absolute atomic E-state index is 0.349. The fourth-order valence-electron chi connectivity index (χ4n) is 1.48. The number of benzene rings is 1. The van der Waals surface area contributed by atoms with E-state index in [1.54, 1.807) is 6.07 Å². The van der Waals surface area contributed by atoms with Crippen molar-refractivity contribution in [2.75, 3.05) is 0 Å². The van der Waals surface area contributed by atoms with Crippen LogP contribution in [0.25, 0.3) is 10.9 Å². The van der Waals surface area contributed by atoms with Gasteiger partial charge in [-0.25, -0.2) is 4.98 Å². The zero-order valence-corrected chi connectivity index (χ0v) is 9.85. The first kappa shape index (κ1) is 11.4. The van der Waals surface area contributed by atoms with Crippen molar-refractivity contribution >= 4 is 26.8 Å². The summed E-state index contributed by atoms with van der Waals surface area (Å²) >= 11 is 3.30. The Balaban J connectivity index is 2.71. The molecule has 1 aromatic carbocycles. The predicted octanol–water partition coefficient (Wildman–Crippen LogP) is 4.32. The highest BCUT2D eigenvalue weighted by atomic mass is 79.9. The van der Waals surface area contributed by atoms with Crippen LogP contribution in [0.4, 0.5) is 13.2 Å². The lowest BCUT2D eigenvalue weighted by Crippen LogP contribution is -2.07. The standard InChI is InChI=1S/C11H7BrF3N/c1-6-4-8(12)7-2-3-10(11(13,14)15)16-9(7)5-6/h2-5H,1H3. The van der Waals surface area contributed by atoms with E-state index in [-0.39, 0.29) is 0 Å². The van der Waals surface area contributed by atoms with Crippen molar-refractivity contribution in [2.24, 2.45) is 0 Å². The largest absolute Gasteiger partial charge is 0.433 e. The molecule has 0 amide bonds. The number of fused-ring (bicyclic) bond motifs is 1. The highest BCUT2D eigenvalue weighted by Gasteiger charge is 2.32. The van der Waals surface area contributed by atoms with Gasteiger partial charge in [0.1, 0.15) is 5.69 Å². The molecular formula is C11H7BrF3N. The highest BCUT2D eigenvalue weighted by molar-refractivity contribution is 9.10. The summed E-state index contributed by atoms with van der Waals surface area (Å²) in [5.41, 5.74) is 0.352. The Hall–Kier alpha value is -1.10. The first-order valence-corrected chi connectivity index (χ1v) is 5.31.